The Morgan fingerprint density at radius 2 is 0.538 bits per heavy atom. The van der Waals surface area contributed by atoms with Crippen LogP contribution in [0.3, 0.4) is 0 Å². The van der Waals surface area contributed by atoms with E-state index in [0.29, 0.717) is 25.9 Å². The normalized spacial score (nSPS) is 12.7. The van der Waals surface area contributed by atoms with Gasteiger partial charge in [0.2, 0.25) is 5.91 Å². The van der Waals surface area contributed by atoms with Gasteiger partial charge in [-0.1, -0.05) is 416 Å². The summed E-state index contributed by atoms with van der Waals surface area (Å²) in [5, 5.41) is 23.5. The van der Waals surface area contributed by atoms with E-state index in [9.17, 15) is 19.8 Å². The van der Waals surface area contributed by atoms with Crippen LogP contribution in [0.4, 0.5) is 0 Å². The van der Waals surface area contributed by atoms with Crippen molar-refractivity contribution in [3.63, 3.8) is 0 Å². The van der Waals surface area contributed by atoms with E-state index in [4.69, 9.17) is 4.74 Å². The molecule has 0 radical (unpaired) electrons. The first-order chi connectivity index (χ1) is 46.0. The van der Waals surface area contributed by atoms with Crippen LogP contribution in [0, 0.1) is 0 Å². The van der Waals surface area contributed by atoms with Gasteiger partial charge in [-0.3, -0.25) is 9.59 Å². The Kier molecular flexibility index (Phi) is 80.3. The second-order valence-electron chi connectivity index (χ2n) is 29.2. The molecule has 0 fully saturated rings. The maximum atomic E-state index is 12.6. The summed E-state index contributed by atoms with van der Waals surface area (Å²) in [6, 6.07) is -0.541. The van der Waals surface area contributed by atoms with E-state index in [1.54, 1.807) is 0 Å². The molecule has 0 saturated carbocycles. The molecule has 0 aliphatic rings. The van der Waals surface area contributed by atoms with E-state index in [2.05, 4.69) is 67.8 Å². The zero-order valence-corrected chi connectivity index (χ0v) is 63.0. The van der Waals surface area contributed by atoms with Crippen LogP contribution in [0.5, 0.6) is 0 Å². The monoisotopic (exact) mass is 1300 g/mol. The quantitative estimate of drug-likeness (QED) is 0.0320. The van der Waals surface area contributed by atoms with Crippen molar-refractivity contribution in [2.24, 2.45) is 0 Å². The van der Waals surface area contributed by atoms with Crippen LogP contribution in [0.15, 0.2) is 48.6 Å². The Bertz CT molecular complexity index is 1550. The summed E-state index contributed by atoms with van der Waals surface area (Å²) >= 11 is 0. The zero-order valence-electron chi connectivity index (χ0n) is 63.0. The molecule has 6 nitrogen and oxygen atoms in total. The number of aliphatic hydroxyl groups excluding tert-OH is 2. The van der Waals surface area contributed by atoms with Crippen LogP contribution >= 0.6 is 0 Å². The molecule has 1 amide bonds. The number of esters is 1. The predicted octanol–water partition coefficient (Wildman–Crippen LogP) is 28.3. The summed E-state index contributed by atoms with van der Waals surface area (Å²) in [4.78, 5) is 24.7. The lowest BCUT2D eigenvalue weighted by molar-refractivity contribution is -0.143. The number of carbonyl (C=O) groups is 2. The largest absolute Gasteiger partial charge is 0.466 e. The highest BCUT2D eigenvalue weighted by Gasteiger charge is 2.20. The lowest BCUT2D eigenvalue weighted by Crippen LogP contribution is -2.45. The van der Waals surface area contributed by atoms with E-state index in [1.807, 2.05) is 0 Å². The molecule has 0 aliphatic heterocycles. The van der Waals surface area contributed by atoms with Crippen LogP contribution in [0.25, 0.3) is 0 Å². The maximum Gasteiger partial charge on any atom is 0.305 e. The van der Waals surface area contributed by atoms with Crippen molar-refractivity contribution >= 4 is 11.9 Å². The molecule has 0 rings (SSSR count). The molecule has 0 aliphatic carbocycles. The van der Waals surface area contributed by atoms with Gasteiger partial charge in [0, 0.05) is 12.8 Å². The van der Waals surface area contributed by atoms with Gasteiger partial charge in [-0.25, -0.2) is 0 Å². The number of allylic oxidation sites excluding steroid dienone is 8. The number of amides is 1. The molecular weight excluding hydrogens is 1140 g/mol. The van der Waals surface area contributed by atoms with Gasteiger partial charge in [-0.2, -0.15) is 0 Å². The Morgan fingerprint density at radius 3 is 0.839 bits per heavy atom. The van der Waals surface area contributed by atoms with E-state index < -0.39 is 12.1 Å². The van der Waals surface area contributed by atoms with Crippen molar-refractivity contribution < 1.29 is 24.5 Å². The number of hydrogen-bond acceptors (Lipinski definition) is 5. The Morgan fingerprint density at radius 1 is 0.301 bits per heavy atom. The molecule has 93 heavy (non-hydrogen) atoms. The smallest absolute Gasteiger partial charge is 0.305 e. The first kappa shape index (κ1) is 90.8. The van der Waals surface area contributed by atoms with Crippen molar-refractivity contribution in [1.29, 1.82) is 0 Å². The van der Waals surface area contributed by atoms with Crippen LogP contribution < -0.4 is 5.32 Å². The van der Waals surface area contributed by atoms with Crippen molar-refractivity contribution in [3.05, 3.63) is 48.6 Å². The fourth-order valence-corrected chi connectivity index (χ4v) is 13.4. The minimum atomic E-state index is -0.664. The van der Waals surface area contributed by atoms with Crippen molar-refractivity contribution in [3.8, 4) is 0 Å². The molecule has 0 heterocycles. The summed E-state index contributed by atoms with van der Waals surface area (Å²) in [7, 11) is 0. The summed E-state index contributed by atoms with van der Waals surface area (Å²) in [5.41, 5.74) is 0. The van der Waals surface area contributed by atoms with Gasteiger partial charge >= 0.3 is 5.97 Å². The average Bonchev–Trinajstić information content (AvgIpc) is 3.78. The van der Waals surface area contributed by atoms with E-state index >= 15 is 0 Å². The number of nitrogens with one attached hydrogen (secondary N) is 1. The zero-order chi connectivity index (χ0) is 67.0. The number of carbonyl (C=O) groups excluding carboxylic acids is 2. The molecule has 0 aromatic rings. The van der Waals surface area contributed by atoms with Crippen molar-refractivity contribution in [1.82, 2.24) is 5.32 Å². The molecule has 0 saturated heterocycles. The van der Waals surface area contributed by atoms with Gasteiger partial charge in [0.1, 0.15) is 0 Å². The number of hydrogen-bond donors (Lipinski definition) is 3. The fraction of sp³-hybridized carbons (Fsp3) is 0.885. The summed E-state index contributed by atoms with van der Waals surface area (Å²) in [6.07, 6.45) is 109. The van der Waals surface area contributed by atoms with Gasteiger partial charge in [0.15, 0.2) is 0 Å². The first-order valence-electron chi connectivity index (χ1n) is 42.4. The molecule has 3 N–H and O–H groups in total. The van der Waals surface area contributed by atoms with Gasteiger partial charge in [0.25, 0.3) is 0 Å². The lowest BCUT2D eigenvalue weighted by Gasteiger charge is -2.22. The first-order valence-corrected chi connectivity index (χ1v) is 42.4. The van der Waals surface area contributed by atoms with Crippen LogP contribution in [0.1, 0.15) is 470 Å². The highest BCUT2D eigenvalue weighted by Crippen LogP contribution is 2.20. The standard InChI is InChI=1S/C87H165NO5/c1-3-5-7-9-11-13-15-17-19-21-22-23-41-44-48-51-55-59-63-67-71-75-79-85(90)84(83-89)88-86(91)80-76-72-68-64-60-56-52-49-45-42-39-37-35-33-31-29-27-25-24-26-28-30-32-34-36-38-40-43-46-50-54-58-62-66-70-74-78-82-93-87(92)81-77-73-69-65-61-57-53-47-20-18-16-14-12-10-8-6-4-2/h12,14,18,20,24,26,30,32,84-85,89-90H,3-11,13,15-17,19,21-23,25,27-29,31,33-83H2,1-2H3,(H,88,91)/b14-12-,20-18-,26-24-,32-30-. The Labute approximate surface area is 582 Å². The molecule has 0 aromatic carbocycles. The van der Waals surface area contributed by atoms with Crippen molar-refractivity contribution in [2.45, 2.75) is 482 Å². The highest BCUT2D eigenvalue weighted by molar-refractivity contribution is 5.76. The Balaban J connectivity index is 3.36. The third-order valence-electron chi connectivity index (χ3n) is 19.9. The summed E-state index contributed by atoms with van der Waals surface area (Å²) in [5.74, 6) is -0.0154. The van der Waals surface area contributed by atoms with E-state index in [1.165, 1.54) is 379 Å². The average molecular weight is 1310 g/mol. The number of rotatable bonds is 80. The van der Waals surface area contributed by atoms with Crippen LogP contribution in [-0.2, 0) is 14.3 Å². The van der Waals surface area contributed by atoms with E-state index in [0.717, 1.165) is 57.8 Å². The summed E-state index contributed by atoms with van der Waals surface area (Å²) in [6.45, 7) is 4.97. The topological polar surface area (TPSA) is 95.9 Å². The molecule has 548 valence electrons. The molecule has 2 atom stereocenters. The number of aliphatic hydroxyl groups is 2. The molecule has 2 unspecified atom stereocenters. The van der Waals surface area contributed by atoms with Gasteiger partial charge < -0.3 is 20.3 Å². The fourth-order valence-electron chi connectivity index (χ4n) is 13.4. The second kappa shape index (κ2) is 82.2. The summed E-state index contributed by atoms with van der Waals surface area (Å²) < 4.78 is 5.51. The molecule has 0 bridgehead atoms. The van der Waals surface area contributed by atoms with Crippen LogP contribution in [-0.4, -0.2) is 47.4 Å². The second-order valence-corrected chi connectivity index (χ2v) is 29.2. The Hall–Kier alpha value is -2.18. The minimum absolute atomic E-state index is 0.0116. The third-order valence-corrected chi connectivity index (χ3v) is 19.9. The van der Waals surface area contributed by atoms with Gasteiger partial charge in [-0.05, 0) is 89.9 Å². The maximum absolute atomic E-state index is 12.6. The molecule has 6 heteroatoms. The molecule has 0 spiro atoms. The van der Waals surface area contributed by atoms with Crippen molar-refractivity contribution in [2.75, 3.05) is 13.2 Å². The van der Waals surface area contributed by atoms with Gasteiger partial charge in [0.05, 0.1) is 25.4 Å². The third kappa shape index (κ3) is 78.7. The lowest BCUT2D eigenvalue weighted by atomic mass is 10.0. The SMILES string of the molecule is CCCCC/C=C\C/C=C\CCCCCCCCCC(=O)OCCCCCCCCCCCCCCC/C=C\C/C=C\CCCCCCCCCCCCCCCCCCCC(=O)NC(CO)C(O)CCCCCCCCCCCCCCCCCCCCCCCC. The highest BCUT2D eigenvalue weighted by atomic mass is 16.5. The minimum Gasteiger partial charge on any atom is -0.466 e. The number of ether oxygens (including phenoxy) is 1. The molecule has 0 aromatic heterocycles. The predicted molar refractivity (Wildman–Crippen MR) is 412 cm³/mol. The van der Waals surface area contributed by atoms with Gasteiger partial charge in [-0.15, -0.1) is 0 Å². The molecular formula is C87H165NO5. The number of unbranched alkanes of at least 4 members (excludes halogenated alkanes) is 61. The van der Waals surface area contributed by atoms with E-state index in [-0.39, 0.29) is 18.5 Å². The van der Waals surface area contributed by atoms with Crippen LogP contribution in [0.2, 0.25) is 0 Å².